The van der Waals surface area contributed by atoms with Gasteiger partial charge in [-0.15, -0.1) is 0 Å². The van der Waals surface area contributed by atoms with Crippen LogP contribution in [0.25, 0.3) is 0 Å². The summed E-state index contributed by atoms with van der Waals surface area (Å²) in [6, 6.07) is 5.29. The van der Waals surface area contributed by atoms with Gasteiger partial charge in [0.25, 0.3) is 0 Å². The number of para-hydroxylation sites is 1. The third-order valence-electron chi connectivity index (χ3n) is 1.49. The molecule has 5 heteroatoms. The zero-order valence-corrected chi connectivity index (χ0v) is 11.8. The molecule has 0 bridgehead atoms. The standard InChI is InChI=1S/C9H8Br2Cl2O/c10-4-6(11)5-14-9-7(12)2-1-3-8(9)13/h1-3,6H,4-5H2. The summed E-state index contributed by atoms with van der Waals surface area (Å²) in [7, 11) is 0. The summed E-state index contributed by atoms with van der Waals surface area (Å²) in [5.41, 5.74) is 0. The van der Waals surface area contributed by atoms with E-state index in [4.69, 9.17) is 27.9 Å². The van der Waals surface area contributed by atoms with Crippen LogP contribution < -0.4 is 4.74 Å². The summed E-state index contributed by atoms with van der Waals surface area (Å²) >= 11 is 18.6. The van der Waals surface area contributed by atoms with Crippen LogP contribution in [-0.4, -0.2) is 16.8 Å². The van der Waals surface area contributed by atoms with Crippen LogP contribution in [0.15, 0.2) is 18.2 Å². The first kappa shape index (κ1) is 12.6. The third-order valence-corrected chi connectivity index (χ3v) is 4.33. The highest BCUT2D eigenvalue weighted by molar-refractivity contribution is 9.12. The van der Waals surface area contributed by atoms with E-state index in [1.807, 2.05) is 0 Å². The lowest BCUT2D eigenvalue weighted by Crippen LogP contribution is -2.12. The molecule has 0 saturated carbocycles. The van der Waals surface area contributed by atoms with Crippen LogP contribution in [-0.2, 0) is 0 Å². The summed E-state index contributed by atoms with van der Waals surface area (Å²) in [6.45, 7) is 0.523. The molecule has 0 aromatic heterocycles. The Balaban J connectivity index is 2.66. The van der Waals surface area contributed by atoms with Crippen molar-refractivity contribution in [2.75, 3.05) is 11.9 Å². The Kier molecular flexibility index (Phi) is 5.60. The number of halogens is 4. The van der Waals surface area contributed by atoms with Crippen molar-refractivity contribution >= 4 is 55.1 Å². The van der Waals surface area contributed by atoms with Gasteiger partial charge in [0.15, 0.2) is 5.75 Å². The van der Waals surface area contributed by atoms with Crippen LogP contribution in [0.1, 0.15) is 0 Å². The number of hydrogen-bond donors (Lipinski definition) is 0. The average molecular weight is 363 g/mol. The number of benzene rings is 1. The van der Waals surface area contributed by atoms with E-state index in [2.05, 4.69) is 31.9 Å². The van der Waals surface area contributed by atoms with Crippen LogP contribution in [0.3, 0.4) is 0 Å². The van der Waals surface area contributed by atoms with Crippen molar-refractivity contribution < 1.29 is 4.74 Å². The quantitative estimate of drug-likeness (QED) is 0.715. The molecule has 0 aliphatic heterocycles. The normalized spacial score (nSPS) is 12.6. The Morgan fingerprint density at radius 1 is 1.29 bits per heavy atom. The molecule has 1 aromatic rings. The molecule has 0 N–H and O–H groups in total. The average Bonchev–Trinajstić information content (AvgIpc) is 2.16. The summed E-state index contributed by atoms with van der Waals surface area (Å²) in [5.74, 6) is 0.543. The van der Waals surface area contributed by atoms with E-state index >= 15 is 0 Å². The summed E-state index contributed by atoms with van der Waals surface area (Å²) in [5, 5.41) is 1.88. The summed E-state index contributed by atoms with van der Waals surface area (Å²) in [6.07, 6.45) is 0. The van der Waals surface area contributed by atoms with E-state index in [-0.39, 0.29) is 4.83 Å². The minimum atomic E-state index is 0.245. The number of rotatable bonds is 4. The molecule has 1 unspecified atom stereocenters. The topological polar surface area (TPSA) is 9.23 Å². The maximum Gasteiger partial charge on any atom is 0.156 e. The fraction of sp³-hybridized carbons (Fsp3) is 0.333. The van der Waals surface area contributed by atoms with Gasteiger partial charge in [-0.2, -0.15) is 0 Å². The lowest BCUT2D eigenvalue weighted by Gasteiger charge is -2.11. The Hall–Kier alpha value is 0.560. The molecule has 0 saturated heterocycles. The van der Waals surface area contributed by atoms with Crippen LogP contribution in [0, 0.1) is 0 Å². The van der Waals surface area contributed by atoms with E-state index in [1.54, 1.807) is 18.2 Å². The van der Waals surface area contributed by atoms with Crippen molar-refractivity contribution in [1.82, 2.24) is 0 Å². The molecule has 1 aromatic carbocycles. The van der Waals surface area contributed by atoms with Gasteiger partial charge in [0.05, 0.1) is 14.9 Å². The molecule has 1 rings (SSSR count). The first-order chi connectivity index (χ1) is 6.65. The van der Waals surface area contributed by atoms with E-state index < -0.39 is 0 Å². The first-order valence-corrected chi connectivity index (χ1v) is 6.71. The largest absolute Gasteiger partial charge is 0.489 e. The number of ether oxygens (including phenoxy) is 1. The molecule has 1 atom stereocenters. The summed E-state index contributed by atoms with van der Waals surface area (Å²) < 4.78 is 5.48. The predicted octanol–water partition coefficient (Wildman–Crippen LogP) is 4.53. The monoisotopic (exact) mass is 360 g/mol. The highest BCUT2D eigenvalue weighted by atomic mass is 79.9. The Labute approximate surface area is 110 Å². The van der Waals surface area contributed by atoms with Crippen molar-refractivity contribution in [3.63, 3.8) is 0 Å². The Morgan fingerprint density at radius 3 is 2.36 bits per heavy atom. The molecule has 0 heterocycles. The molecular formula is C9H8Br2Cl2O. The van der Waals surface area contributed by atoms with Crippen LogP contribution in [0.2, 0.25) is 10.0 Å². The van der Waals surface area contributed by atoms with Gasteiger partial charge in [-0.25, -0.2) is 0 Å². The minimum absolute atomic E-state index is 0.245. The molecule has 0 spiro atoms. The molecular weight excluding hydrogens is 355 g/mol. The number of alkyl halides is 2. The second-order valence-corrected chi connectivity index (χ2v) is 5.37. The van der Waals surface area contributed by atoms with Crippen LogP contribution >= 0.6 is 55.1 Å². The molecule has 1 nitrogen and oxygen atoms in total. The minimum Gasteiger partial charge on any atom is -0.489 e. The molecule has 14 heavy (non-hydrogen) atoms. The van der Waals surface area contributed by atoms with Crippen molar-refractivity contribution in [3.8, 4) is 5.75 Å². The number of hydrogen-bond acceptors (Lipinski definition) is 1. The predicted molar refractivity (Wildman–Crippen MR) is 68.5 cm³/mol. The van der Waals surface area contributed by atoms with Crippen molar-refractivity contribution in [3.05, 3.63) is 28.2 Å². The van der Waals surface area contributed by atoms with Crippen LogP contribution in [0.4, 0.5) is 0 Å². The Bertz CT molecular complexity index is 287. The molecule has 78 valence electrons. The van der Waals surface area contributed by atoms with Gasteiger partial charge in [-0.05, 0) is 12.1 Å². The molecule has 0 aliphatic rings. The van der Waals surface area contributed by atoms with Gasteiger partial charge >= 0.3 is 0 Å². The van der Waals surface area contributed by atoms with Crippen molar-refractivity contribution in [2.45, 2.75) is 4.83 Å². The lowest BCUT2D eigenvalue weighted by atomic mass is 10.3. The molecule has 0 fully saturated rings. The van der Waals surface area contributed by atoms with E-state index in [1.165, 1.54) is 0 Å². The van der Waals surface area contributed by atoms with E-state index in [0.717, 1.165) is 5.33 Å². The van der Waals surface area contributed by atoms with E-state index in [0.29, 0.717) is 22.4 Å². The molecule has 0 radical (unpaired) electrons. The lowest BCUT2D eigenvalue weighted by molar-refractivity contribution is 0.326. The van der Waals surface area contributed by atoms with Gasteiger partial charge in [-0.1, -0.05) is 61.1 Å². The maximum absolute atomic E-state index is 5.92. The fourth-order valence-electron chi connectivity index (χ4n) is 0.839. The van der Waals surface area contributed by atoms with Crippen molar-refractivity contribution in [1.29, 1.82) is 0 Å². The summed E-state index contributed by atoms with van der Waals surface area (Å²) in [4.78, 5) is 0.245. The van der Waals surface area contributed by atoms with E-state index in [9.17, 15) is 0 Å². The zero-order valence-electron chi connectivity index (χ0n) is 7.14. The van der Waals surface area contributed by atoms with Gasteiger partial charge in [0.2, 0.25) is 0 Å². The highest BCUT2D eigenvalue weighted by Crippen LogP contribution is 2.32. The molecule has 0 amide bonds. The van der Waals surface area contributed by atoms with Gasteiger partial charge < -0.3 is 4.74 Å². The van der Waals surface area contributed by atoms with Crippen LogP contribution in [0.5, 0.6) is 5.75 Å². The third kappa shape index (κ3) is 3.61. The second-order valence-electron chi connectivity index (χ2n) is 2.61. The first-order valence-electron chi connectivity index (χ1n) is 3.92. The Morgan fingerprint density at radius 2 is 1.86 bits per heavy atom. The van der Waals surface area contributed by atoms with Crippen molar-refractivity contribution in [2.24, 2.45) is 0 Å². The fourth-order valence-corrected chi connectivity index (χ4v) is 1.66. The van der Waals surface area contributed by atoms with Gasteiger partial charge in [-0.3, -0.25) is 0 Å². The second kappa shape index (κ2) is 6.21. The smallest absolute Gasteiger partial charge is 0.156 e. The van der Waals surface area contributed by atoms with Gasteiger partial charge in [0.1, 0.15) is 6.61 Å². The van der Waals surface area contributed by atoms with Gasteiger partial charge in [0, 0.05) is 5.33 Å². The maximum atomic E-state index is 5.92. The SMILES string of the molecule is Clc1cccc(Cl)c1OCC(Br)CBr. The zero-order chi connectivity index (χ0) is 10.6. The molecule has 0 aliphatic carbocycles. The highest BCUT2D eigenvalue weighted by Gasteiger charge is 2.09.